The summed E-state index contributed by atoms with van der Waals surface area (Å²) < 4.78 is 34.7. The van der Waals surface area contributed by atoms with Crippen molar-refractivity contribution < 1.29 is 17.9 Å². The first kappa shape index (κ1) is 23.1. The van der Waals surface area contributed by atoms with Crippen LogP contribution >= 0.6 is 22.9 Å². The Labute approximate surface area is 196 Å². The number of aromatic nitrogens is 1. The summed E-state index contributed by atoms with van der Waals surface area (Å²) in [5, 5.41) is 0.866. The van der Waals surface area contributed by atoms with Gasteiger partial charge < -0.3 is 9.64 Å². The van der Waals surface area contributed by atoms with E-state index < -0.39 is 10.0 Å². The largest absolute Gasteiger partial charge is 0.377 e. The number of sulfonamides is 1. The molecule has 3 aromatic rings. The number of amides is 1. The molecule has 1 aliphatic heterocycles. The Hall–Kier alpha value is -2.04. The van der Waals surface area contributed by atoms with Crippen LogP contribution in [-0.2, 0) is 14.8 Å². The van der Waals surface area contributed by atoms with Gasteiger partial charge in [0.1, 0.15) is 9.90 Å². The number of benzene rings is 2. The predicted molar refractivity (Wildman–Crippen MR) is 126 cm³/mol. The van der Waals surface area contributed by atoms with Crippen LogP contribution in [-0.4, -0.2) is 50.5 Å². The highest BCUT2D eigenvalue weighted by Gasteiger charge is 2.26. The maximum Gasteiger partial charge on any atom is 0.254 e. The van der Waals surface area contributed by atoms with Gasteiger partial charge in [0.25, 0.3) is 5.91 Å². The fraction of sp³-hybridized carbons (Fsp3) is 0.364. The minimum atomic E-state index is -3.89. The van der Waals surface area contributed by atoms with Crippen LogP contribution < -0.4 is 4.72 Å². The van der Waals surface area contributed by atoms with E-state index in [0.717, 1.165) is 28.1 Å². The number of ether oxygens (including phenoxy) is 1. The van der Waals surface area contributed by atoms with Crippen molar-refractivity contribution in [2.24, 2.45) is 0 Å². The molecule has 0 spiro atoms. The first-order valence-corrected chi connectivity index (χ1v) is 13.0. The highest BCUT2D eigenvalue weighted by molar-refractivity contribution is 7.89. The summed E-state index contributed by atoms with van der Waals surface area (Å²) in [4.78, 5) is 19.2. The third-order valence-electron chi connectivity index (χ3n) is 5.56. The summed E-state index contributed by atoms with van der Waals surface area (Å²) in [5.74, 6) is -0.316. The number of thiazole rings is 1. The zero-order valence-corrected chi connectivity index (χ0v) is 20.1. The second kappa shape index (κ2) is 9.44. The van der Waals surface area contributed by atoms with Crippen LogP contribution in [0.1, 0.15) is 41.2 Å². The van der Waals surface area contributed by atoms with Gasteiger partial charge in [0.05, 0.1) is 27.4 Å². The van der Waals surface area contributed by atoms with E-state index in [1.165, 1.54) is 29.5 Å². The van der Waals surface area contributed by atoms with Crippen LogP contribution in [0.5, 0.6) is 0 Å². The van der Waals surface area contributed by atoms with E-state index in [9.17, 15) is 13.2 Å². The maximum absolute atomic E-state index is 13.2. The Morgan fingerprint density at radius 3 is 2.84 bits per heavy atom. The number of halogens is 1. The van der Waals surface area contributed by atoms with E-state index in [1.54, 1.807) is 11.9 Å². The molecule has 2 aromatic carbocycles. The van der Waals surface area contributed by atoms with E-state index in [4.69, 9.17) is 16.3 Å². The molecule has 1 saturated heterocycles. The van der Waals surface area contributed by atoms with Gasteiger partial charge in [-0.05, 0) is 50.1 Å². The molecule has 0 bridgehead atoms. The lowest BCUT2D eigenvalue weighted by Crippen LogP contribution is -2.32. The average Bonchev–Trinajstić information content (AvgIpc) is 3.46. The molecule has 1 aliphatic rings. The molecule has 1 N–H and O–H groups in total. The fourth-order valence-electron chi connectivity index (χ4n) is 3.54. The minimum absolute atomic E-state index is 0.0586. The number of nitrogens with zero attached hydrogens (tertiary/aromatic N) is 2. The van der Waals surface area contributed by atoms with E-state index in [0.29, 0.717) is 6.61 Å². The summed E-state index contributed by atoms with van der Waals surface area (Å²) in [6.07, 6.45) is 1.58. The van der Waals surface area contributed by atoms with Crippen molar-refractivity contribution in [2.45, 2.75) is 36.8 Å². The summed E-state index contributed by atoms with van der Waals surface area (Å²) in [6.45, 7) is 2.70. The van der Waals surface area contributed by atoms with Crippen molar-refractivity contribution >= 4 is 49.1 Å². The highest BCUT2D eigenvalue weighted by atomic mass is 35.5. The minimum Gasteiger partial charge on any atom is -0.377 e. The van der Waals surface area contributed by atoms with Crippen molar-refractivity contribution in [2.75, 3.05) is 20.2 Å². The van der Waals surface area contributed by atoms with Gasteiger partial charge in [-0.25, -0.2) is 18.1 Å². The summed E-state index contributed by atoms with van der Waals surface area (Å²) >= 11 is 7.71. The van der Waals surface area contributed by atoms with Crippen LogP contribution in [0.3, 0.4) is 0 Å². The second-order valence-corrected chi connectivity index (χ2v) is 10.9. The summed E-state index contributed by atoms with van der Waals surface area (Å²) in [5.41, 5.74) is 1.12. The Morgan fingerprint density at radius 2 is 2.12 bits per heavy atom. The van der Waals surface area contributed by atoms with Crippen LogP contribution in [0.15, 0.2) is 47.4 Å². The molecule has 32 heavy (non-hydrogen) atoms. The summed E-state index contributed by atoms with van der Waals surface area (Å²) in [7, 11) is -2.21. The molecule has 0 saturated carbocycles. The predicted octanol–water partition coefficient (Wildman–Crippen LogP) is 4.24. The summed E-state index contributed by atoms with van der Waals surface area (Å²) in [6, 6.07) is 11.8. The van der Waals surface area contributed by atoms with Gasteiger partial charge in [0.2, 0.25) is 10.0 Å². The van der Waals surface area contributed by atoms with Crippen molar-refractivity contribution in [3.63, 3.8) is 0 Å². The van der Waals surface area contributed by atoms with E-state index >= 15 is 0 Å². The number of fused-ring (bicyclic) bond motifs is 1. The Morgan fingerprint density at radius 1 is 1.34 bits per heavy atom. The van der Waals surface area contributed by atoms with Crippen molar-refractivity contribution in [1.82, 2.24) is 14.6 Å². The number of hydrogen-bond donors (Lipinski definition) is 1. The monoisotopic (exact) mass is 493 g/mol. The molecule has 2 heterocycles. The van der Waals surface area contributed by atoms with Crippen LogP contribution in [0.2, 0.25) is 5.02 Å². The smallest absolute Gasteiger partial charge is 0.254 e. The van der Waals surface area contributed by atoms with Crippen LogP contribution in [0.4, 0.5) is 0 Å². The molecular weight excluding hydrogens is 470 g/mol. The van der Waals surface area contributed by atoms with Gasteiger partial charge in [-0.3, -0.25) is 4.79 Å². The van der Waals surface area contributed by atoms with Crippen molar-refractivity contribution in [1.29, 1.82) is 0 Å². The van der Waals surface area contributed by atoms with Gasteiger partial charge in [0, 0.05) is 25.8 Å². The van der Waals surface area contributed by atoms with Gasteiger partial charge in [-0.15, -0.1) is 11.3 Å². The lowest BCUT2D eigenvalue weighted by Gasteiger charge is -2.23. The van der Waals surface area contributed by atoms with Crippen LogP contribution in [0, 0.1) is 0 Å². The fourth-order valence-corrected chi connectivity index (χ4v) is 6.19. The molecule has 4 rings (SSSR count). The zero-order valence-electron chi connectivity index (χ0n) is 17.7. The highest BCUT2D eigenvalue weighted by Crippen LogP contribution is 2.30. The standard InChI is InChI=1S/C22H24ClN3O4S2/c1-14(21-25-18-7-3-4-8-19(18)31-21)26(2)22(27)15-9-10-17(23)20(12-15)32(28,29)24-13-16-6-5-11-30-16/h3-4,7-10,12,14,16,24H,5-6,11,13H2,1-2H3. The number of para-hydroxylation sites is 1. The number of rotatable bonds is 7. The molecule has 2 atom stereocenters. The van der Waals surface area contributed by atoms with Crippen molar-refractivity contribution in [3.05, 3.63) is 58.1 Å². The Balaban J connectivity index is 1.54. The quantitative estimate of drug-likeness (QED) is 0.531. The topological polar surface area (TPSA) is 88.6 Å². The van der Waals surface area contributed by atoms with Gasteiger partial charge in [0.15, 0.2) is 0 Å². The SMILES string of the molecule is CC(c1nc2ccccc2s1)N(C)C(=O)c1ccc(Cl)c(S(=O)(=O)NCC2CCCO2)c1. The van der Waals surface area contributed by atoms with Gasteiger partial charge in [-0.2, -0.15) is 0 Å². The first-order valence-electron chi connectivity index (χ1n) is 10.3. The first-order chi connectivity index (χ1) is 15.3. The number of hydrogen-bond acceptors (Lipinski definition) is 6. The van der Waals surface area contributed by atoms with Gasteiger partial charge in [-0.1, -0.05) is 23.7 Å². The zero-order chi connectivity index (χ0) is 22.9. The second-order valence-electron chi connectivity index (χ2n) is 7.74. The third-order valence-corrected chi connectivity index (χ3v) is 8.67. The van der Waals surface area contributed by atoms with E-state index in [2.05, 4.69) is 9.71 Å². The molecule has 2 unspecified atom stereocenters. The van der Waals surface area contributed by atoms with Crippen molar-refractivity contribution in [3.8, 4) is 0 Å². The lowest BCUT2D eigenvalue weighted by atomic mass is 10.2. The molecule has 1 aromatic heterocycles. The molecule has 0 aliphatic carbocycles. The Kier molecular flexibility index (Phi) is 6.83. The van der Waals surface area contributed by atoms with E-state index in [1.807, 2.05) is 31.2 Å². The number of carbonyl (C=O) groups excluding carboxylic acids is 1. The molecule has 7 nitrogen and oxygen atoms in total. The Bertz CT molecular complexity index is 1210. The number of nitrogens with one attached hydrogen (secondary N) is 1. The van der Waals surface area contributed by atoms with E-state index in [-0.39, 0.29) is 40.1 Å². The molecule has 1 amide bonds. The molecule has 170 valence electrons. The van der Waals surface area contributed by atoms with Gasteiger partial charge >= 0.3 is 0 Å². The lowest BCUT2D eigenvalue weighted by molar-refractivity contribution is 0.0742. The normalized spacial score (nSPS) is 17.5. The molecule has 1 fully saturated rings. The number of carbonyl (C=O) groups is 1. The maximum atomic E-state index is 13.2. The molecular formula is C22H24ClN3O4S2. The van der Waals surface area contributed by atoms with Crippen LogP contribution in [0.25, 0.3) is 10.2 Å². The third kappa shape index (κ3) is 4.82. The average molecular weight is 494 g/mol. The molecule has 0 radical (unpaired) electrons. The molecule has 10 heteroatoms.